The smallest absolute Gasteiger partial charge is 0.164 e. The van der Waals surface area contributed by atoms with Gasteiger partial charge in [-0.15, -0.1) is 0 Å². The van der Waals surface area contributed by atoms with E-state index in [1.165, 1.54) is 19.3 Å². The van der Waals surface area contributed by atoms with Gasteiger partial charge in [0.15, 0.2) is 5.78 Å². The number of ketones is 1. The third-order valence-electron chi connectivity index (χ3n) is 4.45. The Morgan fingerprint density at radius 3 is 2.76 bits per heavy atom. The quantitative estimate of drug-likeness (QED) is 0.819. The predicted octanol–water partition coefficient (Wildman–Crippen LogP) is 2.28. The molecule has 4 atom stereocenters. The third-order valence-corrected chi connectivity index (χ3v) is 4.45. The third kappa shape index (κ3) is 3.08. The molecule has 98 valence electrons. The van der Waals surface area contributed by atoms with E-state index in [0.717, 1.165) is 31.6 Å². The average molecular weight is 239 g/mol. The van der Waals surface area contributed by atoms with E-state index in [-0.39, 0.29) is 18.1 Å². The zero-order valence-corrected chi connectivity index (χ0v) is 10.9. The standard InChI is InChI=1S/C14H25NO2/c1-2-10-4-3-5-11(8-10)14(16)13-7-6-12(9-15)17-13/h10-13H,2-9,15H2,1H3. The Kier molecular flexibility index (Phi) is 4.57. The van der Waals surface area contributed by atoms with Crippen molar-refractivity contribution in [2.45, 2.75) is 64.1 Å². The van der Waals surface area contributed by atoms with Crippen molar-refractivity contribution < 1.29 is 9.53 Å². The second kappa shape index (κ2) is 5.96. The van der Waals surface area contributed by atoms with E-state index in [4.69, 9.17) is 10.5 Å². The number of carbonyl (C=O) groups is 1. The molecule has 1 heterocycles. The summed E-state index contributed by atoms with van der Waals surface area (Å²) in [7, 11) is 0. The molecule has 2 N–H and O–H groups in total. The largest absolute Gasteiger partial charge is 0.366 e. The molecule has 0 spiro atoms. The fraction of sp³-hybridized carbons (Fsp3) is 0.929. The molecule has 1 saturated carbocycles. The van der Waals surface area contributed by atoms with Crippen LogP contribution < -0.4 is 5.73 Å². The van der Waals surface area contributed by atoms with Crippen molar-refractivity contribution in [2.75, 3.05) is 6.54 Å². The molecule has 0 radical (unpaired) electrons. The summed E-state index contributed by atoms with van der Waals surface area (Å²) in [6.45, 7) is 2.78. The van der Waals surface area contributed by atoms with Crippen molar-refractivity contribution in [2.24, 2.45) is 17.6 Å². The molecule has 0 aromatic rings. The molecule has 0 amide bonds. The normalized spacial score (nSPS) is 38.2. The number of rotatable bonds is 4. The zero-order valence-electron chi connectivity index (χ0n) is 10.9. The van der Waals surface area contributed by atoms with E-state index >= 15 is 0 Å². The van der Waals surface area contributed by atoms with Crippen molar-refractivity contribution >= 4 is 5.78 Å². The Hall–Kier alpha value is -0.410. The maximum absolute atomic E-state index is 12.4. The minimum Gasteiger partial charge on any atom is -0.366 e. The molecule has 3 heteroatoms. The van der Waals surface area contributed by atoms with Crippen LogP contribution in [0.2, 0.25) is 0 Å². The molecule has 1 saturated heterocycles. The number of ether oxygens (including phenoxy) is 1. The first-order chi connectivity index (χ1) is 8.24. The van der Waals surface area contributed by atoms with Crippen molar-refractivity contribution in [3.63, 3.8) is 0 Å². The predicted molar refractivity (Wildman–Crippen MR) is 67.7 cm³/mol. The Balaban J connectivity index is 1.87. The highest BCUT2D eigenvalue weighted by atomic mass is 16.5. The summed E-state index contributed by atoms with van der Waals surface area (Å²) in [5, 5.41) is 0. The van der Waals surface area contributed by atoms with Crippen LogP contribution in [0.1, 0.15) is 51.9 Å². The van der Waals surface area contributed by atoms with E-state index in [2.05, 4.69) is 6.92 Å². The zero-order chi connectivity index (χ0) is 12.3. The number of hydrogen-bond acceptors (Lipinski definition) is 3. The van der Waals surface area contributed by atoms with Crippen molar-refractivity contribution in [1.82, 2.24) is 0 Å². The van der Waals surface area contributed by atoms with E-state index in [1.807, 2.05) is 0 Å². The van der Waals surface area contributed by atoms with Crippen LogP contribution in [0.25, 0.3) is 0 Å². The van der Waals surface area contributed by atoms with E-state index in [0.29, 0.717) is 12.3 Å². The van der Waals surface area contributed by atoms with Gasteiger partial charge >= 0.3 is 0 Å². The molecule has 1 aliphatic carbocycles. The van der Waals surface area contributed by atoms with Crippen LogP contribution in [-0.2, 0) is 9.53 Å². The van der Waals surface area contributed by atoms with E-state index in [1.54, 1.807) is 0 Å². The summed E-state index contributed by atoms with van der Waals surface area (Å²) < 4.78 is 5.72. The topological polar surface area (TPSA) is 52.3 Å². The SMILES string of the molecule is CCC1CCCC(C(=O)C2CCC(CN)O2)C1. The molecular formula is C14H25NO2. The van der Waals surface area contributed by atoms with Crippen LogP contribution in [-0.4, -0.2) is 24.5 Å². The summed E-state index contributed by atoms with van der Waals surface area (Å²) in [5.74, 6) is 1.37. The monoisotopic (exact) mass is 239 g/mol. The van der Waals surface area contributed by atoms with Gasteiger partial charge in [-0.05, 0) is 31.6 Å². The minimum atomic E-state index is -0.149. The van der Waals surface area contributed by atoms with Gasteiger partial charge in [-0.3, -0.25) is 4.79 Å². The lowest BCUT2D eigenvalue weighted by atomic mass is 9.77. The maximum Gasteiger partial charge on any atom is 0.164 e. The molecule has 2 rings (SSSR count). The first-order valence-electron chi connectivity index (χ1n) is 7.13. The fourth-order valence-electron chi connectivity index (χ4n) is 3.27. The van der Waals surface area contributed by atoms with Gasteiger partial charge in [0.2, 0.25) is 0 Å². The molecule has 0 aromatic heterocycles. The molecule has 0 aromatic carbocycles. The van der Waals surface area contributed by atoms with Gasteiger partial charge in [-0.1, -0.05) is 26.2 Å². The van der Waals surface area contributed by atoms with E-state index < -0.39 is 0 Å². The summed E-state index contributed by atoms with van der Waals surface area (Å²) in [6.07, 6.45) is 7.69. The Labute approximate surface area is 104 Å². The number of hydrogen-bond donors (Lipinski definition) is 1. The highest BCUT2D eigenvalue weighted by Gasteiger charge is 2.35. The van der Waals surface area contributed by atoms with Crippen molar-refractivity contribution in [3.8, 4) is 0 Å². The van der Waals surface area contributed by atoms with Crippen LogP contribution in [0.4, 0.5) is 0 Å². The summed E-state index contributed by atoms with van der Waals surface area (Å²) >= 11 is 0. The summed E-state index contributed by atoms with van der Waals surface area (Å²) in [5.41, 5.74) is 5.58. The molecule has 4 unspecified atom stereocenters. The molecule has 2 fully saturated rings. The lowest BCUT2D eigenvalue weighted by molar-refractivity contribution is -0.135. The van der Waals surface area contributed by atoms with Gasteiger partial charge in [-0.25, -0.2) is 0 Å². The number of carbonyl (C=O) groups excluding carboxylic acids is 1. The molecule has 0 bridgehead atoms. The first-order valence-corrected chi connectivity index (χ1v) is 7.13. The second-order valence-corrected chi connectivity index (χ2v) is 5.60. The molecule has 3 nitrogen and oxygen atoms in total. The van der Waals surface area contributed by atoms with Gasteiger partial charge in [0.25, 0.3) is 0 Å². The first kappa shape index (κ1) is 13.0. The van der Waals surface area contributed by atoms with Crippen LogP contribution in [0.5, 0.6) is 0 Å². The lowest BCUT2D eigenvalue weighted by Gasteiger charge is -2.29. The fourth-order valence-corrected chi connectivity index (χ4v) is 3.27. The average Bonchev–Trinajstić information content (AvgIpc) is 2.86. The summed E-state index contributed by atoms with van der Waals surface area (Å²) in [6, 6.07) is 0. The molecule has 1 aliphatic heterocycles. The van der Waals surface area contributed by atoms with E-state index in [9.17, 15) is 4.79 Å². The number of nitrogens with two attached hydrogens (primary N) is 1. The van der Waals surface area contributed by atoms with Gasteiger partial charge < -0.3 is 10.5 Å². The van der Waals surface area contributed by atoms with Gasteiger partial charge in [-0.2, -0.15) is 0 Å². The Bertz CT molecular complexity index is 267. The molecule has 2 aliphatic rings. The number of Topliss-reactive ketones (excluding diaryl/α,β-unsaturated/α-hetero) is 1. The van der Waals surface area contributed by atoms with Crippen LogP contribution in [0.15, 0.2) is 0 Å². The van der Waals surface area contributed by atoms with Gasteiger partial charge in [0.1, 0.15) is 6.10 Å². The van der Waals surface area contributed by atoms with Crippen molar-refractivity contribution in [1.29, 1.82) is 0 Å². The van der Waals surface area contributed by atoms with Crippen LogP contribution >= 0.6 is 0 Å². The van der Waals surface area contributed by atoms with Gasteiger partial charge in [0.05, 0.1) is 6.10 Å². The lowest BCUT2D eigenvalue weighted by Crippen LogP contribution is -2.32. The Morgan fingerprint density at radius 2 is 2.12 bits per heavy atom. The molecular weight excluding hydrogens is 214 g/mol. The minimum absolute atomic E-state index is 0.120. The highest BCUT2D eigenvalue weighted by Crippen LogP contribution is 2.34. The highest BCUT2D eigenvalue weighted by molar-refractivity contribution is 5.85. The second-order valence-electron chi connectivity index (χ2n) is 5.60. The molecule has 17 heavy (non-hydrogen) atoms. The Morgan fingerprint density at radius 1 is 1.29 bits per heavy atom. The maximum atomic E-state index is 12.4. The van der Waals surface area contributed by atoms with Crippen LogP contribution in [0, 0.1) is 11.8 Å². The van der Waals surface area contributed by atoms with Crippen LogP contribution in [0.3, 0.4) is 0 Å². The summed E-state index contributed by atoms with van der Waals surface area (Å²) in [4.78, 5) is 12.4. The van der Waals surface area contributed by atoms with Gasteiger partial charge in [0, 0.05) is 12.5 Å². The van der Waals surface area contributed by atoms with Crippen molar-refractivity contribution in [3.05, 3.63) is 0 Å².